The van der Waals surface area contributed by atoms with Crippen LogP contribution in [0.1, 0.15) is 65.2 Å². The van der Waals surface area contributed by atoms with E-state index in [1.54, 1.807) is 0 Å². The Morgan fingerprint density at radius 3 is 2.40 bits per heavy atom. The van der Waals surface area contributed by atoms with E-state index in [0.29, 0.717) is 11.3 Å². The van der Waals surface area contributed by atoms with Crippen LogP contribution >= 0.6 is 0 Å². The van der Waals surface area contributed by atoms with Crippen molar-refractivity contribution in [2.24, 2.45) is 17.3 Å². The quantitative estimate of drug-likeness (QED) is 0.752. The van der Waals surface area contributed by atoms with E-state index in [9.17, 15) is 5.11 Å². The van der Waals surface area contributed by atoms with Gasteiger partial charge in [0, 0.05) is 0 Å². The minimum Gasteiger partial charge on any atom is -0.393 e. The lowest BCUT2D eigenvalue weighted by Gasteiger charge is -2.43. The van der Waals surface area contributed by atoms with E-state index in [-0.39, 0.29) is 6.10 Å². The van der Waals surface area contributed by atoms with E-state index < -0.39 is 0 Å². The van der Waals surface area contributed by atoms with Gasteiger partial charge in [-0.1, -0.05) is 46.0 Å². The van der Waals surface area contributed by atoms with Gasteiger partial charge in [-0.15, -0.1) is 0 Å². The van der Waals surface area contributed by atoms with Crippen molar-refractivity contribution < 1.29 is 5.11 Å². The molecule has 2 unspecified atom stereocenters. The molecule has 2 rings (SSSR count). The molecule has 2 aliphatic carbocycles. The predicted octanol–water partition coefficient (Wildman–Crippen LogP) is 3.75. The predicted molar refractivity (Wildman–Crippen MR) is 63.7 cm³/mol. The van der Waals surface area contributed by atoms with E-state index in [2.05, 4.69) is 13.8 Å². The van der Waals surface area contributed by atoms with E-state index in [4.69, 9.17) is 0 Å². The molecule has 0 aromatic rings. The third-order valence-corrected chi connectivity index (χ3v) is 4.85. The molecule has 0 aliphatic heterocycles. The Bertz CT molecular complexity index is 205. The molecule has 88 valence electrons. The van der Waals surface area contributed by atoms with Gasteiger partial charge < -0.3 is 5.11 Å². The van der Waals surface area contributed by atoms with Crippen molar-refractivity contribution >= 4 is 0 Å². The Kier molecular flexibility index (Phi) is 3.39. The molecule has 1 heteroatoms. The Labute approximate surface area is 94.3 Å². The minimum atomic E-state index is -0.0226. The summed E-state index contributed by atoms with van der Waals surface area (Å²) >= 11 is 0. The number of hydrogen-bond acceptors (Lipinski definition) is 1. The van der Waals surface area contributed by atoms with E-state index in [0.717, 1.165) is 12.3 Å². The lowest BCUT2D eigenvalue weighted by atomic mass is 9.64. The maximum Gasteiger partial charge on any atom is 0.0576 e. The normalized spacial score (nSPS) is 33.4. The van der Waals surface area contributed by atoms with Gasteiger partial charge in [0.1, 0.15) is 0 Å². The first kappa shape index (κ1) is 11.4. The Morgan fingerprint density at radius 1 is 1.13 bits per heavy atom. The van der Waals surface area contributed by atoms with Crippen LogP contribution in [0, 0.1) is 17.3 Å². The highest BCUT2D eigenvalue weighted by Gasteiger charge is 2.37. The van der Waals surface area contributed by atoms with Gasteiger partial charge in [0.15, 0.2) is 0 Å². The standard InChI is InChI=1S/C14H26O/c1-14(2)9-4-3-8-12(14)13(15)10-11-6-5-7-11/h11-13,15H,3-10H2,1-2H3. The van der Waals surface area contributed by atoms with Gasteiger partial charge in [0.25, 0.3) is 0 Å². The maximum absolute atomic E-state index is 10.3. The van der Waals surface area contributed by atoms with Crippen molar-refractivity contribution in [3.8, 4) is 0 Å². The Balaban J connectivity index is 1.88. The summed E-state index contributed by atoms with van der Waals surface area (Å²) in [6.07, 6.45) is 10.4. The molecule has 0 bridgehead atoms. The molecule has 1 N–H and O–H groups in total. The first-order valence-electron chi connectivity index (χ1n) is 6.78. The molecule has 0 aromatic heterocycles. The van der Waals surface area contributed by atoms with Gasteiger partial charge in [-0.05, 0) is 36.5 Å². The van der Waals surface area contributed by atoms with Crippen molar-refractivity contribution in [3.05, 3.63) is 0 Å². The molecule has 0 radical (unpaired) electrons. The zero-order valence-corrected chi connectivity index (χ0v) is 10.3. The maximum atomic E-state index is 10.3. The number of rotatable bonds is 3. The zero-order chi connectivity index (χ0) is 10.9. The molecule has 0 spiro atoms. The van der Waals surface area contributed by atoms with Crippen molar-refractivity contribution in [1.29, 1.82) is 0 Å². The number of aliphatic hydroxyl groups excluding tert-OH is 1. The highest BCUT2D eigenvalue weighted by atomic mass is 16.3. The molecule has 2 saturated carbocycles. The molecule has 1 nitrogen and oxygen atoms in total. The summed E-state index contributed by atoms with van der Waals surface area (Å²) in [5, 5.41) is 10.3. The topological polar surface area (TPSA) is 20.2 Å². The second kappa shape index (κ2) is 4.45. The molecule has 2 aliphatic rings. The van der Waals surface area contributed by atoms with Gasteiger partial charge >= 0.3 is 0 Å². The molecule has 0 amide bonds. The summed E-state index contributed by atoms with van der Waals surface area (Å²) in [6.45, 7) is 4.70. The number of aliphatic hydroxyl groups is 1. The zero-order valence-electron chi connectivity index (χ0n) is 10.3. The van der Waals surface area contributed by atoms with Crippen LogP contribution in [-0.4, -0.2) is 11.2 Å². The van der Waals surface area contributed by atoms with Crippen molar-refractivity contribution in [1.82, 2.24) is 0 Å². The van der Waals surface area contributed by atoms with E-state index in [1.807, 2.05) is 0 Å². The van der Waals surface area contributed by atoms with E-state index in [1.165, 1.54) is 44.9 Å². The molecule has 2 atom stereocenters. The lowest BCUT2D eigenvalue weighted by Crippen LogP contribution is -2.38. The van der Waals surface area contributed by atoms with Gasteiger partial charge in [-0.2, -0.15) is 0 Å². The largest absolute Gasteiger partial charge is 0.393 e. The van der Waals surface area contributed by atoms with Crippen LogP contribution in [0.25, 0.3) is 0 Å². The van der Waals surface area contributed by atoms with Crippen LogP contribution < -0.4 is 0 Å². The van der Waals surface area contributed by atoms with Gasteiger partial charge in [0.05, 0.1) is 6.10 Å². The third kappa shape index (κ3) is 2.55. The van der Waals surface area contributed by atoms with Crippen LogP contribution in [-0.2, 0) is 0 Å². The monoisotopic (exact) mass is 210 g/mol. The lowest BCUT2D eigenvalue weighted by molar-refractivity contribution is -0.0146. The van der Waals surface area contributed by atoms with Crippen LogP contribution in [0.2, 0.25) is 0 Å². The summed E-state index contributed by atoms with van der Waals surface area (Å²) in [4.78, 5) is 0. The fraction of sp³-hybridized carbons (Fsp3) is 1.00. The van der Waals surface area contributed by atoms with Gasteiger partial charge in [-0.25, -0.2) is 0 Å². The molecule has 0 aromatic carbocycles. The summed E-state index contributed by atoms with van der Waals surface area (Å²) in [5.74, 6) is 1.41. The molecular weight excluding hydrogens is 184 g/mol. The third-order valence-electron chi connectivity index (χ3n) is 4.85. The van der Waals surface area contributed by atoms with Crippen molar-refractivity contribution in [3.63, 3.8) is 0 Å². The smallest absolute Gasteiger partial charge is 0.0576 e. The highest BCUT2D eigenvalue weighted by Crippen LogP contribution is 2.44. The average molecular weight is 210 g/mol. The highest BCUT2D eigenvalue weighted by molar-refractivity contribution is 4.88. The Morgan fingerprint density at radius 2 is 1.87 bits per heavy atom. The van der Waals surface area contributed by atoms with Crippen LogP contribution in [0.3, 0.4) is 0 Å². The molecule has 2 fully saturated rings. The van der Waals surface area contributed by atoms with Crippen molar-refractivity contribution in [2.75, 3.05) is 0 Å². The average Bonchev–Trinajstić information content (AvgIpc) is 2.10. The molecule has 15 heavy (non-hydrogen) atoms. The summed E-state index contributed by atoms with van der Waals surface area (Å²) < 4.78 is 0. The summed E-state index contributed by atoms with van der Waals surface area (Å²) in [6, 6.07) is 0. The van der Waals surface area contributed by atoms with Crippen LogP contribution in [0.15, 0.2) is 0 Å². The molecule has 0 heterocycles. The van der Waals surface area contributed by atoms with Gasteiger partial charge in [0.2, 0.25) is 0 Å². The second-order valence-corrected chi connectivity index (χ2v) is 6.44. The first-order chi connectivity index (χ1) is 7.09. The molecule has 0 saturated heterocycles. The number of hydrogen-bond donors (Lipinski definition) is 1. The SMILES string of the molecule is CC1(C)CCCCC1C(O)CC1CCC1. The fourth-order valence-electron chi connectivity index (χ4n) is 3.47. The minimum absolute atomic E-state index is 0.0226. The summed E-state index contributed by atoms with van der Waals surface area (Å²) in [7, 11) is 0. The Hall–Kier alpha value is -0.0400. The summed E-state index contributed by atoms with van der Waals surface area (Å²) in [5.41, 5.74) is 0.376. The van der Waals surface area contributed by atoms with Crippen molar-refractivity contribution in [2.45, 2.75) is 71.3 Å². The molecular formula is C14H26O. The van der Waals surface area contributed by atoms with Crippen LogP contribution in [0.5, 0.6) is 0 Å². The first-order valence-corrected chi connectivity index (χ1v) is 6.78. The van der Waals surface area contributed by atoms with Crippen LogP contribution in [0.4, 0.5) is 0 Å². The van der Waals surface area contributed by atoms with Gasteiger partial charge in [-0.3, -0.25) is 0 Å². The van der Waals surface area contributed by atoms with E-state index >= 15 is 0 Å². The fourth-order valence-corrected chi connectivity index (χ4v) is 3.47. The second-order valence-electron chi connectivity index (χ2n) is 6.44.